The maximum absolute atomic E-state index is 12.6. The van der Waals surface area contributed by atoms with Crippen molar-refractivity contribution in [2.75, 3.05) is 11.9 Å². The molecule has 0 radical (unpaired) electrons. The Morgan fingerprint density at radius 3 is 2.69 bits per heavy atom. The molecule has 0 spiro atoms. The Morgan fingerprint density at radius 2 is 1.97 bits per heavy atom. The minimum Gasteiger partial charge on any atom is -0.355 e. The van der Waals surface area contributed by atoms with E-state index in [-0.39, 0.29) is 49.1 Å². The minimum absolute atomic E-state index is 0.0304. The SMILES string of the molecule is Cc1ccc(Br)cc1NC(=O)CCNC(=O)C1CCC(n2cc(CC3NC(=O)NC3=O)nn2)CC1. The molecule has 1 atom stereocenters. The first kappa shape index (κ1) is 24.8. The number of rotatable bonds is 8. The molecule has 5 amide bonds. The first-order valence-corrected chi connectivity index (χ1v) is 12.4. The normalized spacial score (nSPS) is 21.8. The van der Waals surface area contributed by atoms with Crippen molar-refractivity contribution in [3.63, 3.8) is 0 Å². The summed E-state index contributed by atoms with van der Waals surface area (Å²) >= 11 is 3.40. The molecule has 1 aliphatic heterocycles. The zero-order valence-electron chi connectivity index (χ0n) is 19.3. The van der Waals surface area contributed by atoms with Crippen molar-refractivity contribution in [2.45, 2.75) is 57.5 Å². The van der Waals surface area contributed by atoms with E-state index in [1.165, 1.54) is 0 Å². The van der Waals surface area contributed by atoms with Crippen LogP contribution in [0.25, 0.3) is 0 Å². The van der Waals surface area contributed by atoms with E-state index >= 15 is 0 Å². The topological polar surface area (TPSA) is 147 Å². The van der Waals surface area contributed by atoms with Crippen LogP contribution in [0.15, 0.2) is 28.9 Å². The van der Waals surface area contributed by atoms with Crippen LogP contribution in [-0.4, -0.2) is 51.3 Å². The predicted octanol–water partition coefficient (Wildman–Crippen LogP) is 1.98. The second-order valence-corrected chi connectivity index (χ2v) is 9.88. The van der Waals surface area contributed by atoms with E-state index < -0.39 is 12.1 Å². The third-order valence-electron chi connectivity index (χ3n) is 6.40. The van der Waals surface area contributed by atoms with Crippen molar-refractivity contribution in [3.8, 4) is 0 Å². The maximum atomic E-state index is 12.6. The van der Waals surface area contributed by atoms with Crippen LogP contribution in [0.3, 0.4) is 0 Å². The Hall–Kier alpha value is -3.28. The average molecular weight is 546 g/mol. The Kier molecular flexibility index (Phi) is 7.79. The fraction of sp³-hybridized carbons (Fsp3) is 0.478. The smallest absolute Gasteiger partial charge is 0.322 e. The summed E-state index contributed by atoms with van der Waals surface area (Å²) in [6, 6.07) is 4.69. The van der Waals surface area contributed by atoms with Gasteiger partial charge in [-0.05, 0) is 50.3 Å². The summed E-state index contributed by atoms with van der Waals surface area (Å²) in [5.74, 6) is -0.636. The van der Waals surface area contributed by atoms with Crippen LogP contribution in [0.1, 0.15) is 49.4 Å². The molecular weight excluding hydrogens is 518 g/mol. The minimum atomic E-state index is -0.632. The molecule has 186 valence electrons. The lowest BCUT2D eigenvalue weighted by atomic mass is 9.85. The van der Waals surface area contributed by atoms with Crippen LogP contribution in [0.4, 0.5) is 10.5 Å². The molecule has 1 saturated heterocycles. The quantitative estimate of drug-likeness (QED) is 0.373. The van der Waals surface area contributed by atoms with Gasteiger partial charge in [-0.2, -0.15) is 0 Å². The van der Waals surface area contributed by atoms with E-state index in [0.29, 0.717) is 5.69 Å². The highest BCUT2D eigenvalue weighted by Crippen LogP contribution is 2.32. The standard InChI is InChI=1S/C23H28BrN7O4/c1-13-2-5-15(24)10-18(13)26-20(32)8-9-25-21(33)14-3-6-17(7-4-14)31-12-16(29-30-31)11-19-22(34)28-23(35)27-19/h2,5,10,12,14,17,19H,3-4,6-9,11H2,1H3,(H,25,33)(H,26,32)(H2,27,28,34,35). The van der Waals surface area contributed by atoms with Crippen molar-refractivity contribution < 1.29 is 19.2 Å². The van der Waals surface area contributed by atoms with Crippen LogP contribution in [0, 0.1) is 12.8 Å². The van der Waals surface area contributed by atoms with E-state index in [4.69, 9.17) is 0 Å². The number of aryl methyl sites for hydroxylation is 1. The van der Waals surface area contributed by atoms with Crippen LogP contribution in [0.5, 0.6) is 0 Å². The van der Waals surface area contributed by atoms with Crippen LogP contribution in [-0.2, 0) is 20.8 Å². The van der Waals surface area contributed by atoms with Crippen molar-refractivity contribution >= 4 is 45.4 Å². The molecule has 2 heterocycles. The van der Waals surface area contributed by atoms with E-state index in [0.717, 1.165) is 41.4 Å². The Labute approximate surface area is 210 Å². The number of anilines is 1. The van der Waals surface area contributed by atoms with Gasteiger partial charge in [0.05, 0.1) is 11.7 Å². The molecule has 4 N–H and O–H groups in total. The molecule has 1 unspecified atom stereocenters. The molecule has 2 aromatic rings. The highest BCUT2D eigenvalue weighted by Gasteiger charge is 2.31. The number of nitrogens with one attached hydrogen (secondary N) is 4. The molecule has 2 fully saturated rings. The van der Waals surface area contributed by atoms with Gasteiger partial charge in [-0.15, -0.1) is 5.10 Å². The zero-order valence-corrected chi connectivity index (χ0v) is 20.9. The number of nitrogens with zero attached hydrogens (tertiary/aromatic N) is 3. The highest BCUT2D eigenvalue weighted by molar-refractivity contribution is 9.10. The molecule has 35 heavy (non-hydrogen) atoms. The molecule has 12 heteroatoms. The van der Waals surface area contributed by atoms with Gasteiger partial charge in [-0.25, -0.2) is 9.48 Å². The number of amides is 5. The molecule has 1 aliphatic carbocycles. The number of hydrogen-bond donors (Lipinski definition) is 4. The Balaban J connectivity index is 1.18. The fourth-order valence-corrected chi connectivity index (χ4v) is 4.75. The Morgan fingerprint density at radius 1 is 1.20 bits per heavy atom. The van der Waals surface area contributed by atoms with E-state index in [2.05, 4.69) is 47.5 Å². The van der Waals surface area contributed by atoms with Crippen molar-refractivity contribution in [3.05, 3.63) is 40.1 Å². The average Bonchev–Trinajstić information content (AvgIpc) is 3.42. The number of benzene rings is 1. The predicted molar refractivity (Wildman–Crippen MR) is 130 cm³/mol. The molecule has 4 rings (SSSR count). The van der Waals surface area contributed by atoms with Gasteiger partial charge in [0.25, 0.3) is 5.91 Å². The van der Waals surface area contributed by atoms with E-state index in [1.807, 2.05) is 25.1 Å². The lowest BCUT2D eigenvalue weighted by molar-refractivity contribution is -0.126. The molecule has 1 aromatic carbocycles. The first-order valence-electron chi connectivity index (χ1n) is 11.6. The van der Waals surface area contributed by atoms with Gasteiger partial charge in [0, 0.05) is 41.7 Å². The first-order chi connectivity index (χ1) is 16.8. The fourth-order valence-electron chi connectivity index (χ4n) is 4.38. The number of carbonyl (C=O) groups is 4. The number of carbonyl (C=O) groups excluding carboxylic acids is 4. The lowest BCUT2D eigenvalue weighted by Crippen LogP contribution is -2.35. The summed E-state index contributed by atoms with van der Waals surface area (Å²) in [6.45, 7) is 2.21. The molecule has 2 aliphatic rings. The van der Waals surface area contributed by atoms with Gasteiger partial charge in [0.15, 0.2) is 0 Å². The number of aromatic nitrogens is 3. The van der Waals surface area contributed by atoms with Crippen molar-refractivity contribution in [1.29, 1.82) is 0 Å². The van der Waals surface area contributed by atoms with Crippen LogP contribution < -0.4 is 21.3 Å². The van der Waals surface area contributed by atoms with Crippen LogP contribution >= 0.6 is 15.9 Å². The summed E-state index contributed by atoms with van der Waals surface area (Å²) in [5, 5.41) is 18.8. The number of hydrogen-bond acceptors (Lipinski definition) is 6. The molecule has 1 aromatic heterocycles. The summed E-state index contributed by atoms with van der Waals surface area (Å²) in [5.41, 5.74) is 2.35. The molecular formula is C23H28BrN7O4. The van der Waals surface area contributed by atoms with Gasteiger partial charge in [0.1, 0.15) is 6.04 Å². The molecule has 11 nitrogen and oxygen atoms in total. The zero-order chi connectivity index (χ0) is 24.9. The molecule has 1 saturated carbocycles. The summed E-state index contributed by atoms with van der Waals surface area (Å²) in [6.07, 6.45) is 5.29. The summed E-state index contributed by atoms with van der Waals surface area (Å²) < 4.78 is 2.67. The lowest BCUT2D eigenvalue weighted by Gasteiger charge is -2.27. The number of imide groups is 1. The van der Waals surface area contributed by atoms with Gasteiger partial charge >= 0.3 is 6.03 Å². The van der Waals surface area contributed by atoms with Crippen molar-refractivity contribution in [1.82, 2.24) is 30.9 Å². The van der Waals surface area contributed by atoms with E-state index in [9.17, 15) is 19.2 Å². The van der Waals surface area contributed by atoms with E-state index in [1.54, 1.807) is 10.9 Å². The Bertz CT molecular complexity index is 1130. The number of urea groups is 1. The molecule has 0 bridgehead atoms. The highest BCUT2D eigenvalue weighted by atomic mass is 79.9. The van der Waals surface area contributed by atoms with Gasteiger partial charge in [-0.3, -0.25) is 19.7 Å². The summed E-state index contributed by atoms with van der Waals surface area (Å²) in [4.78, 5) is 47.8. The third-order valence-corrected chi connectivity index (χ3v) is 6.89. The summed E-state index contributed by atoms with van der Waals surface area (Å²) in [7, 11) is 0. The van der Waals surface area contributed by atoms with Gasteiger partial charge in [0.2, 0.25) is 11.8 Å². The second kappa shape index (κ2) is 11.0. The van der Waals surface area contributed by atoms with Gasteiger partial charge < -0.3 is 16.0 Å². The third kappa shape index (κ3) is 6.44. The number of halogens is 1. The monoisotopic (exact) mass is 545 g/mol. The van der Waals surface area contributed by atoms with Crippen molar-refractivity contribution in [2.24, 2.45) is 5.92 Å². The maximum Gasteiger partial charge on any atom is 0.322 e. The van der Waals surface area contributed by atoms with Gasteiger partial charge in [-0.1, -0.05) is 27.2 Å². The largest absolute Gasteiger partial charge is 0.355 e. The second-order valence-electron chi connectivity index (χ2n) is 8.96. The van der Waals surface area contributed by atoms with Crippen LogP contribution in [0.2, 0.25) is 0 Å².